The van der Waals surface area contributed by atoms with Gasteiger partial charge in [-0.3, -0.25) is 0 Å². The lowest BCUT2D eigenvalue weighted by atomic mass is 10.0. The highest BCUT2D eigenvalue weighted by atomic mass is 28.4. The van der Waals surface area contributed by atoms with Gasteiger partial charge in [0, 0.05) is 12.0 Å². The summed E-state index contributed by atoms with van der Waals surface area (Å²) < 4.78 is 11.0. The van der Waals surface area contributed by atoms with Crippen LogP contribution in [-0.2, 0) is 14.0 Å². The maximum absolute atomic E-state index is 11.5. The predicted molar refractivity (Wildman–Crippen MR) is 75.9 cm³/mol. The highest BCUT2D eigenvalue weighted by molar-refractivity contribution is 6.74. The predicted octanol–water partition coefficient (Wildman–Crippen LogP) is 3.44. The van der Waals surface area contributed by atoms with Crippen LogP contribution in [0.4, 0.5) is 0 Å². The van der Waals surface area contributed by atoms with Gasteiger partial charge >= 0.3 is 5.97 Å². The Labute approximate surface area is 111 Å². The number of rotatable bonds is 3. The molecule has 0 heterocycles. The van der Waals surface area contributed by atoms with Crippen molar-refractivity contribution in [3.63, 3.8) is 0 Å². The molecular weight excluding hydrogens is 244 g/mol. The molecule has 0 spiro atoms. The van der Waals surface area contributed by atoms with Gasteiger partial charge in [0.1, 0.15) is 0 Å². The minimum absolute atomic E-state index is 0.00927. The van der Waals surface area contributed by atoms with Gasteiger partial charge in [0.2, 0.25) is 0 Å². The topological polar surface area (TPSA) is 35.5 Å². The van der Waals surface area contributed by atoms with Crippen LogP contribution in [0, 0.1) is 0 Å². The Bertz CT molecular complexity index is 375. The molecule has 0 saturated heterocycles. The second kappa shape index (κ2) is 5.41. The van der Waals surface area contributed by atoms with Crippen LogP contribution in [0.2, 0.25) is 18.1 Å². The molecule has 0 aromatic rings. The van der Waals surface area contributed by atoms with Gasteiger partial charge in [0.25, 0.3) is 0 Å². The lowest BCUT2D eigenvalue weighted by molar-refractivity contribution is -0.136. The van der Waals surface area contributed by atoms with E-state index in [0.29, 0.717) is 12.0 Å². The summed E-state index contributed by atoms with van der Waals surface area (Å²) >= 11 is 0. The van der Waals surface area contributed by atoms with E-state index in [2.05, 4.69) is 33.9 Å². The molecule has 0 N–H and O–H groups in total. The molecule has 0 amide bonds. The summed E-state index contributed by atoms with van der Waals surface area (Å²) in [5.74, 6) is -0.261. The van der Waals surface area contributed by atoms with Crippen LogP contribution in [-0.4, -0.2) is 27.5 Å². The normalized spacial score (nSPS) is 20.6. The summed E-state index contributed by atoms with van der Waals surface area (Å²) in [4.78, 5) is 11.5. The van der Waals surface area contributed by atoms with Crippen molar-refractivity contribution in [1.82, 2.24) is 0 Å². The fourth-order valence-corrected chi connectivity index (χ4v) is 2.84. The number of methoxy groups -OCH3 is 1. The van der Waals surface area contributed by atoms with E-state index in [4.69, 9.17) is 9.16 Å². The Morgan fingerprint density at radius 2 is 2.00 bits per heavy atom. The first-order chi connectivity index (χ1) is 8.17. The van der Waals surface area contributed by atoms with E-state index in [9.17, 15) is 4.79 Å². The first kappa shape index (κ1) is 15.2. The molecule has 0 aromatic carbocycles. The number of hydrogen-bond acceptors (Lipinski definition) is 3. The van der Waals surface area contributed by atoms with Gasteiger partial charge in [-0.05, 0) is 18.1 Å². The first-order valence-electron chi connectivity index (χ1n) is 6.31. The van der Waals surface area contributed by atoms with Crippen LogP contribution in [0.5, 0.6) is 0 Å². The third-order valence-corrected chi connectivity index (χ3v) is 8.25. The standard InChI is InChI=1S/C14H24O3Si/c1-14(2,3)18(5,6)17-12-9-7-8-11(10-12)13(15)16-4/h7-9,12H,10H2,1-6H3. The average molecular weight is 268 g/mol. The number of allylic oxidation sites excluding steroid dienone is 2. The Morgan fingerprint density at radius 1 is 1.39 bits per heavy atom. The molecule has 18 heavy (non-hydrogen) atoms. The monoisotopic (exact) mass is 268 g/mol. The first-order valence-corrected chi connectivity index (χ1v) is 9.22. The molecule has 1 unspecified atom stereocenters. The summed E-state index contributed by atoms with van der Waals surface area (Å²) in [6, 6.07) is 0. The SMILES string of the molecule is COC(=O)C1=CC=CC(O[Si](C)(C)C(C)(C)C)C1. The number of carbonyl (C=O) groups is 1. The van der Waals surface area contributed by atoms with E-state index >= 15 is 0 Å². The zero-order valence-electron chi connectivity index (χ0n) is 12.2. The van der Waals surface area contributed by atoms with Crippen LogP contribution < -0.4 is 0 Å². The highest BCUT2D eigenvalue weighted by Crippen LogP contribution is 2.38. The van der Waals surface area contributed by atoms with Crippen molar-refractivity contribution < 1.29 is 14.0 Å². The molecule has 0 saturated carbocycles. The van der Waals surface area contributed by atoms with Gasteiger partial charge in [-0.15, -0.1) is 0 Å². The summed E-state index contributed by atoms with van der Waals surface area (Å²) in [6.07, 6.45) is 6.30. The molecule has 102 valence electrons. The van der Waals surface area contributed by atoms with E-state index in [1.807, 2.05) is 12.2 Å². The van der Waals surface area contributed by atoms with E-state index in [1.54, 1.807) is 6.08 Å². The van der Waals surface area contributed by atoms with Crippen LogP contribution in [0.25, 0.3) is 0 Å². The Morgan fingerprint density at radius 3 is 2.50 bits per heavy atom. The zero-order chi connectivity index (χ0) is 14.0. The summed E-state index contributed by atoms with van der Waals surface area (Å²) in [6.45, 7) is 11.1. The molecule has 3 nitrogen and oxygen atoms in total. The molecule has 1 aliphatic carbocycles. The van der Waals surface area contributed by atoms with Gasteiger partial charge in [-0.25, -0.2) is 4.79 Å². The fourth-order valence-electron chi connectivity index (χ4n) is 1.57. The summed E-state index contributed by atoms with van der Waals surface area (Å²) in [7, 11) is -0.390. The molecule has 0 bridgehead atoms. The molecule has 4 heteroatoms. The van der Waals surface area contributed by atoms with Crippen LogP contribution in [0.15, 0.2) is 23.8 Å². The highest BCUT2D eigenvalue weighted by Gasteiger charge is 2.39. The van der Waals surface area contributed by atoms with E-state index in [0.717, 1.165) is 0 Å². The Balaban J connectivity index is 2.71. The van der Waals surface area contributed by atoms with Crippen molar-refractivity contribution in [1.29, 1.82) is 0 Å². The average Bonchev–Trinajstić information content (AvgIpc) is 2.26. The molecule has 0 fully saturated rings. The summed E-state index contributed by atoms with van der Waals surface area (Å²) in [5, 5.41) is 0.174. The van der Waals surface area contributed by atoms with Gasteiger partial charge in [0.15, 0.2) is 8.32 Å². The van der Waals surface area contributed by atoms with E-state index in [-0.39, 0.29) is 17.1 Å². The van der Waals surface area contributed by atoms with Gasteiger partial charge in [-0.2, -0.15) is 0 Å². The molecular formula is C14H24O3Si. The van der Waals surface area contributed by atoms with Crippen molar-refractivity contribution in [2.24, 2.45) is 0 Å². The van der Waals surface area contributed by atoms with Crippen LogP contribution in [0.1, 0.15) is 27.2 Å². The molecule has 0 aromatic heterocycles. The Hall–Kier alpha value is -0.873. The van der Waals surface area contributed by atoms with Crippen molar-refractivity contribution >= 4 is 14.3 Å². The number of carbonyl (C=O) groups excluding carboxylic acids is 1. The largest absolute Gasteiger partial charge is 0.466 e. The lowest BCUT2D eigenvalue weighted by Crippen LogP contribution is -2.44. The second-order valence-corrected chi connectivity index (χ2v) is 10.9. The van der Waals surface area contributed by atoms with E-state index < -0.39 is 8.32 Å². The minimum Gasteiger partial charge on any atom is -0.466 e. The maximum atomic E-state index is 11.5. The zero-order valence-corrected chi connectivity index (χ0v) is 13.2. The number of ether oxygens (including phenoxy) is 1. The molecule has 0 radical (unpaired) electrons. The van der Waals surface area contributed by atoms with E-state index in [1.165, 1.54) is 7.11 Å². The number of hydrogen-bond donors (Lipinski definition) is 0. The van der Waals surface area contributed by atoms with Gasteiger partial charge in [-0.1, -0.05) is 39.0 Å². The number of esters is 1. The van der Waals surface area contributed by atoms with Crippen molar-refractivity contribution in [3.05, 3.63) is 23.8 Å². The lowest BCUT2D eigenvalue weighted by Gasteiger charge is -2.39. The van der Waals surface area contributed by atoms with Crippen LogP contribution in [0.3, 0.4) is 0 Å². The minimum atomic E-state index is -1.80. The van der Waals surface area contributed by atoms with Crippen LogP contribution >= 0.6 is 0 Å². The van der Waals surface area contributed by atoms with Crippen molar-refractivity contribution in [3.8, 4) is 0 Å². The smallest absolute Gasteiger partial charge is 0.333 e. The Kier molecular flexibility index (Phi) is 4.56. The third kappa shape index (κ3) is 3.56. The van der Waals surface area contributed by atoms with Gasteiger partial charge in [0.05, 0.1) is 13.2 Å². The molecule has 1 atom stereocenters. The third-order valence-electron chi connectivity index (χ3n) is 3.74. The molecule has 1 aliphatic rings. The summed E-state index contributed by atoms with van der Waals surface area (Å²) in [5.41, 5.74) is 0.684. The molecule has 0 aliphatic heterocycles. The van der Waals surface area contributed by atoms with Crippen molar-refractivity contribution in [2.45, 2.75) is 51.4 Å². The molecule has 1 rings (SSSR count). The van der Waals surface area contributed by atoms with Gasteiger partial charge < -0.3 is 9.16 Å². The fraction of sp³-hybridized carbons (Fsp3) is 0.643. The van der Waals surface area contributed by atoms with Crippen molar-refractivity contribution in [2.75, 3.05) is 7.11 Å². The maximum Gasteiger partial charge on any atom is 0.333 e. The second-order valence-electron chi connectivity index (χ2n) is 6.19. The quantitative estimate of drug-likeness (QED) is 0.581.